The summed E-state index contributed by atoms with van der Waals surface area (Å²) in [6, 6.07) is 9.83. The highest BCUT2D eigenvalue weighted by Crippen LogP contribution is 1.99. The first kappa shape index (κ1) is 7.25. The number of rotatable bonds is 2. The molecule has 0 saturated carbocycles. The summed E-state index contributed by atoms with van der Waals surface area (Å²) in [7, 11) is 1.63. The fourth-order valence-corrected chi connectivity index (χ4v) is 0.848. The highest BCUT2D eigenvalue weighted by Gasteiger charge is 1.92. The fourth-order valence-electron chi connectivity index (χ4n) is 0.848. The van der Waals surface area contributed by atoms with Crippen LogP contribution in [0.25, 0.3) is 0 Å². The maximum absolute atomic E-state index is 8.84. The molecule has 2 heteroatoms. The highest BCUT2D eigenvalue weighted by atomic mass is 16.5. The average Bonchev–Trinajstić information content (AvgIpc) is 1.88. The summed E-state index contributed by atoms with van der Waals surface area (Å²) in [5.41, 5.74) is 1.12. The molecular weight excluding hydrogens is 126 g/mol. The Morgan fingerprint density at radius 2 is 1.90 bits per heavy atom. The predicted octanol–water partition coefficient (Wildman–Crippen LogP) is 1.51. The van der Waals surface area contributed by atoms with E-state index in [1.165, 1.54) is 0 Å². The molecule has 0 aromatic heterocycles. The van der Waals surface area contributed by atoms with E-state index >= 15 is 0 Å². The summed E-state index contributed by atoms with van der Waals surface area (Å²) < 4.78 is 0. The van der Waals surface area contributed by atoms with Gasteiger partial charge in [0.05, 0.1) is 0 Å². The topological polar surface area (TPSA) is 23.5 Å². The van der Waals surface area contributed by atoms with Crippen LogP contribution in [-0.2, 0) is 6.54 Å². The zero-order chi connectivity index (χ0) is 7.40. The fraction of sp³-hybridized carbons (Fsp3) is 0.250. The second kappa shape index (κ2) is 3.34. The Kier molecular flexibility index (Phi) is 2.42. The van der Waals surface area contributed by atoms with Gasteiger partial charge in [0, 0.05) is 13.6 Å². The van der Waals surface area contributed by atoms with E-state index in [9.17, 15) is 0 Å². The number of hydrogen-bond donors (Lipinski definition) is 1. The third-order valence-corrected chi connectivity index (χ3v) is 1.25. The van der Waals surface area contributed by atoms with Gasteiger partial charge in [0.25, 0.3) is 0 Å². The van der Waals surface area contributed by atoms with E-state index in [0.717, 1.165) is 10.6 Å². The number of hydroxylamine groups is 2. The molecule has 0 radical (unpaired) electrons. The van der Waals surface area contributed by atoms with Crippen molar-refractivity contribution in [2.75, 3.05) is 7.05 Å². The second-order valence-corrected chi connectivity index (χ2v) is 2.30. The van der Waals surface area contributed by atoms with Gasteiger partial charge in [-0.1, -0.05) is 30.3 Å². The standard InChI is InChI=1S/C8H11NO/c1-9(10)7-8-5-3-2-4-6-8/h2-6,10H,7H2,1H3. The van der Waals surface area contributed by atoms with E-state index in [-0.39, 0.29) is 0 Å². The Labute approximate surface area is 60.7 Å². The first-order valence-electron chi connectivity index (χ1n) is 3.23. The molecule has 10 heavy (non-hydrogen) atoms. The van der Waals surface area contributed by atoms with E-state index in [2.05, 4.69) is 0 Å². The van der Waals surface area contributed by atoms with Crippen LogP contribution in [-0.4, -0.2) is 17.3 Å². The van der Waals surface area contributed by atoms with Crippen LogP contribution >= 0.6 is 0 Å². The molecule has 1 N–H and O–H groups in total. The lowest BCUT2D eigenvalue weighted by Crippen LogP contribution is -2.11. The molecule has 1 aromatic carbocycles. The third kappa shape index (κ3) is 2.17. The maximum atomic E-state index is 8.84. The molecule has 1 rings (SSSR count). The van der Waals surface area contributed by atoms with Crippen molar-refractivity contribution in [3.05, 3.63) is 35.9 Å². The van der Waals surface area contributed by atoms with Crippen LogP contribution < -0.4 is 0 Å². The molecule has 0 spiro atoms. The zero-order valence-corrected chi connectivity index (χ0v) is 5.99. The van der Waals surface area contributed by atoms with Crippen molar-refractivity contribution in [3.8, 4) is 0 Å². The molecule has 0 aliphatic heterocycles. The van der Waals surface area contributed by atoms with E-state index in [1.54, 1.807) is 7.05 Å². The van der Waals surface area contributed by atoms with Gasteiger partial charge < -0.3 is 5.21 Å². The lowest BCUT2D eigenvalue weighted by Gasteiger charge is -2.06. The van der Waals surface area contributed by atoms with Crippen molar-refractivity contribution in [1.29, 1.82) is 0 Å². The zero-order valence-electron chi connectivity index (χ0n) is 5.99. The van der Waals surface area contributed by atoms with Crippen molar-refractivity contribution < 1.29 is 5.21 Å². The monoisotopic (exact) mass is 137 g/mol. The largest absolute Gasteiger partial charge is 0.314 e. The van der Waals surface area contributed by atoms with Crippen LogP contribution in [0.1, 0.15) is 5.56 Å². The Balaban J connectivity index is 2.59. The van der Waals surface area contributed by atoms with E-state index in [1.807, 2.05) is 30.3 Å². The molecule has 0 saturated heterocycles. The van der Waals surface area contributed by atoms with Crippen molar-refractivity contribution >= 4 is 0 Å². The highest BCUT2D eigenvalue weighted by molar-refractivity contribution is 5.13. The summed E-state index contributed by atoms with van der Waals surface area (Å²) >= 11 is 0. The van der Waals surface area contributed by atoms with Crippen molar-refractivity contribution in [2.24, 2.45) is 0 Å². The van der Waals surface area contributed by atoms with Crippen LogP contribution in [0.3, 0.4) is 0 Å². The van der Waals surface area contributed by atoms with Gasteiger partial charge in [-0.15, -0.1) is 0 Å². The molecule has 0 bridgehead atoms. The van der Waals surface area contributed by atoms with Crippen LogP contribution in [0.5, 0.6) is 0 Å². The molecule has 0 aliphatic rings. The molecule has 0 heterocycles. The van der Waals surface area contributed by atoms with Gasteiger partial charge in [-0.2, -0.15) is 5.06 Å². The summed E-state index contributed by atoms with van der Waals surface area (Å²) in [6.07, 6.45) is 0. The van der Waals surface area contributed by atoms with Crippen molar-refractivity contribution in [2.45, 2.75) is 6.54 Å². The molecule has 0 amide bonds. The lowest BCUT2D eigenvalue weighted by atomic mass is 10.2. The number of benzene rings is 1. The van der Waals surface area contributed by atoms with Gasteiger partial charge in [-0.05, 0) is 5.56 Å². The average molecular weight is 137 g/mol. The van der Waals surface area contributed by atoms with E-state index in [4.69, 9.17) is 5.21 Å². The van der Waals surface area contributed by atoms with Gasteiger partial charge in [0.15, 0.2) is 0 Å². The number of hydrogen-bond acceptors (Lipinski definition) is 2. The van der Waals surface area contributed by atoms with Crippen LogP contribution in [0, 0.1) is 0 Å². The van der Waals surface area contributed by atoms with Crippen LogP contribution in [0.15, 0.2) is 30.3 Å². The van der Waals surface area contributed by atoms with Crippen molar-refractivity contribution in [1.82, 2.24) is 5.06 Å². The quantitative estimate of drug-likeness (QED) is 0.624. The minimum atomic E-state index is 0.584. The summed E-state index contributed by atoms with van der Waals surface area (Å²) in [6.45, 7) is 0.584. The lowest BCUT2D eigenvalue weighted by molar-refractivity contribution is -0.0731. The van der Waals surface area contributed by atoms with Crippen molar-refractivity contribution in [3.63, 3.8) is 0 Å². The molecule has 0 aliphatic carbocycles. The summed E-state index contributed by atoms with van der Waals surface area (Å²) in [5, 5.41) is 10.0. The Morgan fingerprint density at radius 3 is 2.40 bits per heavy atom. The summed E-state index contributed by atoms with van der Waals surface area (Å²) in [5.74, 6) is 0. The molecular formula is C8H11NO. The molecule has 0 atom stereocenters. The van der Waals surface area contributed by atoms with Gasteiger partial charge in [0.2, 0.25) is 0 Å². The smallest absolute Gasteiger partial charge is 0.0485 e. The molecule has 1 aromatic rings. The maximum Gasteiger partial charge on any atom is 0.0485 e. The first-order chi connectivity index (χ1) is 4.79. The van der Waals surface area contributed by atoms with Gasteiger partial charge in [-0.3, -0.25) is 0 Å². The normalized spacial score (nSPS) is 10.3. The Morgan fingerprint density at radius 1 is 1.30 bits per heavy atom. The first-order valence-corrected chi connectivity index (χ1v) is 3.23. The Hall–Kier alpha value is -0.860. The van der Waals surface area contributed by atoms with Crippen LogP contribution in [0.2, 0.25) is 0 Å². The van der Waals surface area contributed by atoms with Crippen LogP contribution in [0.4, 0.5) is 0 Å². The third-order valence-electron chi connectivity index (χ3n) is 1.25. The summed E-state index contributed by atoms with van der Waals surface area (Å²) in [4.78, 5) is 0. The molecule has 0 unspecified atom stereocenters. The molecule has 0 fully saturated rings. The minimum Gasteiger partial charge on any atom is -0.314 e. The minimum absolute atomic E-state index is 0.584. The van der Waals surface area contributed by atoms with Gasteiger partial charge >= 0.3 is 0 Å². The SMILES string of the molecule is CN(O)Cc1ccccc1. The predicted molar refractivity (Wildman–Crippen MR) is 39.7 cm³/mol. The van der Waals surface area contributed by atoms with Gasteiger partial charge in [-0.25, -0.2) is 0 Å². The van der Waals surface area contributed by atoms with E-state index in [0.29, 0.717) is 6.54 Å². The number of nitrogens with zero attached hydrogens (tertiary/aromatic N) is 1. The second-order valence-electron chi connectivity index (χ2n) is 2.30. The van der Waals surface area contributed by atoms with E-state index < -0.39 is 0 Å². The van der Waals surface area contributed by atoms with Gasteiger partial charge in [0.1, 0.15) is 0 Å². The molecule has 2 nitrogen and oxygen atoms in total. The molecule has 54 valence electrons. The Bertz CT molecular complexity index is 184.